The number of nitrogens with zero attached hydrogens (tertiary/aromatic N) is 2. The number of esters is 1. The summed E-state index contributed by atoms with van der Waals surface area (Å²) in [6.07, 6.45) is 3.09. The summed E-state index contributed by atoms with van der Waals surface area (Å²) in [7, 11) is 0. The van der Waals surface area contributed by atoms with Gasteiger partial charge in [-0.2, -0.15) is 0 Å². The summed E-state index contributed by atoms with van der Waals surface area (Å²) in [6.45, 7) is 7.35. The van der Waals surface area contributed by atoms with E-state index in [9.17, 15) is 4.79 Å². The molecule has 1 aliphatic rings. The third-order valence-electron chi connectivity index (χ3n) is 3.63. The maximum absolute atomic E-state index is 11.8. The summed E-state index contributed by atoms with van der Waals surface area (Å²) in [5.74, 6) is 0.0393. The highest BCUT2D eigenvalue weighted by atomic mass is 32.1. The molecule has 1 aliphatic heterocycles. The molecule has 1 fully saturated rings. The number of carbonyl (C=O) groups excluding carboxylic acids is 1. The lowest BCUT2D eigenvalue weighted by Crippen LogP contribution is -2.40. The number of hydrogen-bond acceptors (Lipinski definition) is 5. The summed E-state index contributed by atoms with van der Waals surface area (Å²) in [6, 6.07) is 0. The Labute approximate surface area is 118 Å². The number of hydrogen-bond donors (Lipinski definition) is 0. The highest BCUT2D eigenvalue weighted by Gasteiger charge is 2.26. The number of aryl methyl sites for hydroxylation is 1. The molecule has 0 bridgehead atoms. The molecule has 106 valence electrons. The van der Waals surface area contributed by atoms with Crippen LogP contribution in [0.5, 0.6) is 0 Å². The molecule has 19 heavy (non-hydrogen) atoms. The zero-order valence-electron chi connectivity index (χ0n) is 11.7. The van der Waals surface area contributed by atoms with Crippen LogP contribution in [0.25, 0.3) is 0 Å². The second-order valence-electron chi connectivity index (χ2n) is 5.00. The van der Waals surface area contributed by atoms with Crippen molar-refractivity contribution in [2.45, 2.75) is 33.1 Å². The molecule has 1 aromatic rings. The van der Waals surface area contributed by atoms with Gasteiger partial charge in [0, 0.05) is 18.0 Å². The Balaban J connectivity index is 1.81. The first-order valence-electron chi connectivity index (χ1n) is 6.98. The summed E-state index contributed by atoms with van der Waals surface area (Å²) < 4.78 is 5.13. The number of piperidine rings is 1. The van der Waals surface area contributed by atoms with Gasteiger partial charge in [-0.25, -0.2) is 4.98 Å². The molecule has 0 unspecified atom stereocenters. The quantitative estimate of drug-likeness (QED) is 0.777. The van der Waals surface area contributed by atoms with E-state index in [0.29, 0.717) is 6.61 Å². The fraction of sp³-hybridized carbons (Fsp3) is 0.714. The molecule has 0 spiro atoms. The van der Waals surface area contributed by atoms with Gasteiger partial charge in [-0.1, -0.05) is 0 Å². The van der Waals surface area contributed by atoms with Crippen LogP contribution in [0.1, 0.15) is 30.3 Å². The van der Waals surface area contributed by atoms with Crippen LogP contribution in [0.4, 0.5) is 0 Å². The fourth-order valence-corrected chi connectivity index (χ4v) is 3.31. The maximum atomic E-state index is 11.8. The highest BCUT2D eigenvalue weighted by molar-refractivity contribution is 7.09. The predicted molar refractivity (Wildman–Crippen MR) is 76.4 cm³/mol. The van der Waals surface area contributed by atoms with Crippen LogP contribution in [-0.4, -0.2) is 42.1 Å². The van der Waals surface area contributed by atoms with Gasteiger partial charge in [0.2, 0.25) is 0 Å². The highest BCUT2D eigenvalue weighted by Crippen LogP contribution is 2.19. The van der Waals surface area contributed by atoms with Crippen LogP contribution in [0, 0.1) is 12.8 Å². The second-order valence-corrected chi connectivity index (χ2v) is 5.94. The molecule has 0 amide bonds. The molecule has 1 atom stereocenters. The Morgan fingerprint density at radius 2 is 2.47 bits per heavy atom. The molecule has 5 heteroatoms. The van der Waals surface area contributed by atoms with E-state index in [1.54, 1.807) is 11.3 Å². The molecule has 0 aliphatic carbocycles. The van der Waals surface area contributed by atoms with Crippen molar-refractivity contribution in [1.82, 2.24) is 9.88 Å². The summed E-state index contributed by atoms with van der Waals surface area (Å²) in [5.41, 5.74) is 3.05. The van der Waals surface area contributed by atoms with E-state index in [4.69, 9.17) is 4.74 Å². The van der Waals surface area contributed by atoms with E-state index in [0.717, 1.165) is 44.6 Å². The standard InChI is InChI=1S/C14H22N2O2S/c1-3-18-14(17)12-5-4-7-16(9-12)8-6-13-11(2)15-10-19-13/h10,12H,3-9H2,1-2H3/t12-/m1/s1. The SMILES string of the molecule is CCOC(=O)[C@@H]1CCCN(CCc2scnc2C)C1. The van der Waals surface area contributed by atoms with Gasteiger partial charge in [-0.15, -0.1) is 11.3 Å². The van der Waals surface area contributed by atoms with Crippen molar-refractivity contribution in [3.8, 4) is 0 Å². The molecule has 4 nitrogen and oxygen atoms in total. The van der Waals surface area contributed by atoms with Crippen molar-refractivity contribution in [3.05, 3.63) is 16.1 Å². The van der Waals surface area contributed by atoms with Gasteiger partial charge in [0.25, 0.3) is 0 Å². The van der Waals surface area contributed by atoms with Crippen LogP contribution >= 0.6 is 11.3 Å². The van der Waals surface area contributed by atoms with Gasteiger partial charge < -0.3 is 9.64 Å². The first kappa shape index (κ1) is 14.5. The van der Waals surface area contributed by atoms with Crippen molar-refractivity contribution < 1.29 is 9.53 Å². The normalized spacial score (nSPS) is 20.4. The lowest BCUT2D eigenvalue weighted by atomic mass is 9.98. The summed E-state index contributed by atoms with van der Waals surface area (Å²) >= 11 is 1.72. The zero-order chi connectivity index (χ0) is 13.7. The van der Waals surface area contributed by atoms with Gasteiger partial charge in [0.15, 0.2) is 0 Å². The number of thiazole rings is 1. The van der Waals surface area contributed by atoms with Crippen LogP contribution in [0.15, 0.2) is 5.51 Å². The van der Waals surface area contributed by atoms with E-state index in [-0.39, 0.29) is 11.9 Å². The molecule has 1 aromatic heterocycles. The number of aromatic nitrogens is 1. The Hall–Kier alpha value is -0.940. The molecule has 0 aromatic carbocycles. The van der Waals surface area contributed by atoms with E-state index >= 15 is 0 Å². The summed E-state index contributed by atoms with van der Waals surface area (Å²) in [4.78, 5) is 19.8. The summed E-state index contributed by atoms with van der Waals surface area (Å²) in [5, 5.41) is 0. The monoisotopic (exact) mass is 282 g/mol. The van der Waals surface area contributed by atoms with Crippen molar-refractivity contribution >= 4 is 17.3 Å². The number of carbonyl (C=O) groups is 1. The van der Waals surface area contributed by atoms with E-state index < -0.39 is 0 Å². The van der Waals surface area contributed by atoms with Crippen molar-refractivity contribution in [1.29, 1.82) is 0 Å². The van der Waals surface area contributed by atoms with Gasteiger partial charge in [-0.05, 0) is 39.7 Å². The maximum Gasteiger partial charge on any atom is 0.310 e. The fourth-order valence-electron chi connectivity index (χ4n) is 2.54. The minimum absolute atomic E-state index is 0.0267. The topological polar surface area (TPSA) is 42.4 Å². The van der Waals surface area contributed by atoms with Gasteiger partial charge in [0.05, 0.1) is 23.7 Å². The molecular formula is C14H22N2O2S. The Morgan fingerprint density at radius 1 is 1.63 bits per heavy atom. The molecular weight excluding hydrogens is 260 g/mol. The van der Waals surface area contributed by atoms with Gasteiger partial charge in [0.1, 0.15) is 0 Å². The van der Waals surface area contributed by atoms with E-state index in [2.05, 4.69) is 16.8 Å². The van der Waals surface area contributed by atoms with Crippen LogP contribution < -0.4 is 0 Å². The molecule has 1 saturated heterocycles. The van der Waals surface area contributed by atoms with Gasteiger partial charge in [-0.3, -0.25) is 4.79 Å². The Kier molecular flexibility index (Phi) is 5.34. The third-order valence-corrected chi connectivity index (χ3v) is 4.62. The molecule has 0 N–H and O–H groups in total. The van der Waals surface area contributed by atoms with Crippen LogP contribution in [-0.2, 0) is 16.0 Å². The number of likely N-dealkylation sites (tertiary alicyclic amines) is 1. The van der Waals surface area contributed by atoms with Crippen LogP contribution in [0.3, 0.4) is 0 Å². The van der Waals surface area contributed by atoms with Crippen molar-refractivity contribution in [3.63, 3.8) is 0 Å². The molecule has 0 radical (unpaired) electrons. The first-order chi connectivity index (χ1) is 9.20. The van der Waals surface area contributed by atoms with Crippen LogP contribution in [0.2, 0.25) is 0 Å². The Morgan fingerprint density at radius 3 is 3.16 bits per heavy atom. The zero-order valence-corrected chi connectivity index (χ0v) is 12.5. The minimum atomic E-state index is -0.0267. The lowest BCUT2D eigenvalue weighted by Gasteiger charge is -2.31. The number of rotatable bonds is 5. The molecule has 2 heterocycles. The average molecular weight is 282 g/mol. The van der Waals surface area contributed by atoms with Gasteiger partial charge >= 0.3 is 5.97 Å². The minimum Gasteiger partial charge on any atom is -0.466 e. The number of ether oxygens (including phenoxy) is 1. The predicted octanol–water partition coefficient (Wildman–Crippen LogP) is 2.27. The van der Waals surface area contributed by atoms with E-state index in [1.165, 1.54) is 4.88 Å². The second kappa shape index (κ2) is 7.01. The lowest BCUT2D eigenvalue weighted by molar-refractivity contribution is -0.149. The van der Waals surface area contributed by atoms with Crippen molar-refractivity contribution in [2.24, 2.45) is 5.92 Å². The third kappa shape index (κ3) is 4.01. The smallest absolute Gasteiger partial charge is 0.310 e. The average Bonchev–Trinajstić information content (AvgIpc) is 2.82. The molecule has 2 rings (SSSR count). The molecule has 0 saturated carbocycles. The first-order valence-corrected chi connectivity index (χ1v) is 7.86. The Bertz CT molecular complexity index is 419. The van der Waals surface area contributed by atoms with Crippen molar-refractivity contribution in [2.75, 3.05) is 26.2 Å². The van der Waals surface area contributed by atoms with E-state index in [1.807, 2.05) is 12.4 Å². The largest absolute Gasteiger partial charge is 0.466 e.